The second-order valence-electron chi connectivity index (χ2n) is 4.68. The summed E-state index contributed by atoms with van der Waals surface area (Å²) in [5.74, 6) is 0.0733. The molecule has 0 aliphatic heterocycles. The zero-order chi connectivity index (χ0) is 13.8. The highest BCUT2D eigenvalue weighted by Crippen LogP contribution is 2.21. The first-order valence-corrected chi connectivity index (χ1v) is 7.53. The van der Waals surface area contributed by atoms with E-state index in [-0.39, 0.29) is 11.9 Å². The van der Waals surface area contributed by atoms with Gasteiger partial charge in [0.05, 0.1) is 4.88 Å². The van der Waals surface area contributed by atoms with E-state index in [1.54, 1.807) is 0 Å². The molecule has 1 aromatic carbocycles. The standard InChI is InChI=1S/C15H17NOS2/c1-11(2)16(9-12-6-4-3-5-7-12)15(17)14-8-13(18)10-19-14/h3-8,10-11,18H,9H2,1-2H3. The Morgan fingerprint density at radius 3 is 2.53 bits per heavy atom. The lowest BCUT2D eigenvalue weighted by atomic mass is 10.2. The number of carbonyl (C=O) groups excluding carboxylic acids is 1. The van der Waals surface area contributed by atoms with Gasteiger partial charge < -0.3 is 4.90 Å². The molecule has 0 bridgehead atoms. The first-order chi connectivity index (χ1) is 9.08. The molecule has 19 heavy (non-hydrogen) atoms. The Hall–Kier alpha value is -1.26. The van der Waals surface area contributed by atoms with Crippen molar-refractivity contribution in [3.63, 3.8) is 0 Å². The molecule has 1 amide bonds. The molecule has 0 aliphatic rings. The van der Waals surface area contributed by atoms with Crippen LogP contribution < -0.4 is 0 Å². The van der Waals surface area contributed by atoms with Gasteiger partial charge in [-0.15, -0.1) is 24.0 Å². The number of rotatable bonds is 4. The van der Waals surface area contributed by atoms with Crippen molar-refractivity contribution in [2.75, 3.05) is 0 Å². The van der Waals surface area contributed by atoms with Crippen LogP contribution in [0.1, 0.15) is 29.1 Å². The average molecular weight is 291 g/mol. The molecule has 2 rings (SSSR count). The van der Waals surface area contributed by atoms with Gasteiger partial charge in [0.2, 0.25) is 0 Å². The summed E-state index contributed by atoms with van der Waals surface area (Å²) in [6.07, 6.45) is 0. The van der Waals surface area contributed by atoms with Crippen molar-refractivity contribution in [2.24, 2.45) is 0 Å². The van der Waals surface area contributed by atoms with Gasteiger partial charge in [-0.25, -0.2) is 0 Å². The minimum Gasteiger partial charge on any atom is -0.331 e. The normalized spacial score (nSPS) is 10.7. The molecule has 0 saturated heterocycles. The molecule has 0 spiro atoms. The van der Waals surface area contributed by atoms with E-state index in [0.29, 0.717) is 6.54 Å². The summed E-state index contributed by atoms with van der Waals surface area (Å²) in [5.41, 5.74) is 1.15. The smallest absolute Gasteiger partial charge is 0.264 e. The van der Waals surface area contributed by atoms with Crippen LogP contribution in [-0.4, -0.2) is 16.8 Å². The Bertz CT molecular complexity index is 548. The molecule has 0 aliphatic carbocycles. The molecular formula is C15H17NOS2. The Labute approximate surface area is 123 Å². The average Bonchev–Trinajstić information content (AvgIpc) is 2.83. The molecule has 100 valence electrons. The van der Waals surface area contributed by atoms with Crippen molar-refractivity contribution in [1.82, 2.24) is 4.90 Å². The Morgan fingerprint density at radius 2 is 2.00 bits per heavy atom. The van der Waals surface area contributed by atoms with Crippen LogP contribution in [0.2, 0.25) is 0 Å². The summed E-state index contributed by atoms with van der Waals surface area (Å²) in [6, 6.07) is 12.1. The second kappa shape index (κ2) is 6.26. The fraction of sp³-hybridized carbons (Fsp3) is 0.267. The van der Waals surface area contributed by atoms with Crippen LogP contribution in [0, 0.1) is 0 Å². The number of thiol groups is 1. The van der Waals surface area contributed by atoms with Gasteiger partial charge >= 0.3 is 0 Å². The second-order valence-corrected chi connectivity index (χ2v) is 6.11. The van der Waals surface area contributed by atoms with Crippen LogP contribution in [0.3, 0.4) is 0 Å². The van der Waals surface area contributed by atoms with Gasteiger partial charge in [0.15, 0.2) is 0 Å². The third-order valence-corrected chi connectivity index (χ3v) is 4.23. The van der Waals surface area contributed by atoms with Gasteiger partial charge in [0.1, 0.15) is 0 Å². The topological polar surface area (TPSA) is 20.3 Å². The number of hydrogen-bond donors (Lipinski definition) is 1. The Kier molecular flexibility index (Phi) is 4.66. The third kappa shape index (κ3) is 3.61. The van der Waals surface area contributed by atoms with Crippen molar-refractivity contribution in [3.8, 4) is 0 Å². The molecule has 0 saturated carbocycles. The zero-order valence-electron chi connectivity index (χ0n) is 11.0. The molecule has 0 radical (unpaired) electrons. The van der Waals surface area contributed by atoms with Crippen LogP contribution in [0.15, 0.2) is 46.7 Å². The Morgan fingerprint density at radius 1 is 1.32 bits per heavy atom. The monoisotopic (exact) mass is 291 g/mol. The number of hydrogen-bond acceptors (Lipinski definition) is 3. The molecular weight excluding hydrogens is 274 g/mol. The summed E-state index contributed by atoms with van der Waals surface area (Å²) in [4.78, 5) is 16.0. The molecule has 0 unspecified atom stereocenters. The lowest BCUT2D eigenvalue weighted by Crippen LogP contribution is -2.35. The van der Waals surface area contributed by atoms with E-state index in [9.17, 15) is 4.79 Å². The van der Waals surface area contributed by atoms with Crippen LogP contribution in [-0.2, 0) is 6.54 Å². The number of thiophene rings is 1. The molecule has 4 heteroatoms. The lowest BCUT2D eigenvalue weighted by Gasteiger charge is -2.26. The largest absolute Gasteiger partial charge is 0.331 e. The van der Waals surface area contributed by atoms with E-state index in [4.69, 9.17) is 0 Å². The van der Waals surface area contributed by atoms with Gasteiger partial charge in [0.25, 0.3) is 5.91 Å². The van der Waals surface area contributed by atoms with Crippen LogP contribution in [0.25, 0.3) is 0 Å². The predicted molar refractivity (Wildman–Crippen MR) is 83.0 cm³/mol. The highest BCUT2D eigenvalue weighted by molar-refractivity contribution is 7.80. The van der Waals surface area contributed by atoms with E-state index in [2.05, 4.69) is 12.6 Å². The fourth-order valence-corrected chi connectivity index (χ4v) is 2.95. The molecule has 2 aromatic rings. The minimum atomic E-state index is 0.0733. The summed E-state index contributed by atoms with van der Waals surface area (Å²) < 4.78 is 0. The maximum atomic E-state index is 12.5. The minimum absolute atomic E-state index is 0.0733. The van der Waals surface area contributed by atoms with Gasteiger partial charge in [0, 0.05) is 22.9 Å². The van der Waals surface area contributed by atoms with E-state index in [0.717, 1.165) is 15.3 Å². The van der Waals surface area contributed by atoms with E-state index < -0.39 is 0 Å². The lowest BCUT2D eigenvalue weighted by molar-refractivity contribution is 0.0695. The third-order valence-electron chi connectivity index (χ3n) is 2.88. The fourth-order valence-electron chi connectivity index (χ4n) is 1.85. The van der Waals surface area contributed by atoms with E-state index >= 15 is 0 Å². The highest BCUT2D eigenvalue weighted by atomic mass is 32.1. The number of amides is 1. The molecule has 0 N–H and O–H groups in total. The summed E-state index contributed by atoms with van der Waals surface area (Å²) in [6.45, 7) is 4.71. The summed E-state index contributed by atoms with van der Waals surface area (Å²) >= 11 is 5.71. The predicted octanol–water partition coefficient (Wildman–Crippen LogP) is 4.09. The molecule has 1 heterocycles. The van der Waals surface area contributed by atoms with Gasteiger partial charge in [-0.05, 0) is 25.5 Å². The van der Waals surface area contributed by atoms with Gasteiger partial charge in [-0.1, -0.05) is 30.3 Å². The SMILES string of the molecule is CC(C)N(Cc1ccccc1)C(=O)c1cc(S)cs1. The summed E-state index contributed by atoms with van der Waals surface area (Å²) in [7, 11) is 0. The molecule has 2 nitrogen and oxygen atoms in total. The maximum absolute atomic E-state index is 12.5. The van der Waals surface area contributed by atoms with Crippen LogP contribution in [0.5, 0.6) is 0 Å². The number of benzene rings is 1. The van der Waals surface area contributed by atoms with E-state index in [1.807, 2.05) is 60.5 Å². The van der Waals surface area contributed by atoms with Gasteiger partial charge in [-0.3, -0.25) is 4.79 Å². The van der Waals surface area contributed by atoms with Crippen molar-refractivity contribution < 1.29 is 4.79 Å². The van der Waals surface area contributed by atoms with Crippen molar-refractivity contribution in [1.29, 1.82) is 0 Å². The van der Waals surface area contributed by atoms with Crippen LogP contribution >= 0.6 is 24.0 Å². The van der Waals surface area contributed by atoms with Crippen molar-refractivity contribution in [3.05, 3.63) is 52.2 Å². The Balaban J connectivity index is 2.19. The first-order valence-electron chi connectivity index (χ1n) is 6.20. The first kappa shape index (κ1) is 14.2. The molecule has 1 aromatic heterocycles. The summed E-state index contributed by atoms with van der Waals surface area (Å²) in [5, 5.41) is 1.89. The molecule has 0 atom stereocenters. The zero-order valence-corrected chi connectivity index (χ0v) is 12.7. The number of nitrogens with zero attached hydrogens (tertiary/aromatic N) is 1. The van der Waals surface area contributed by atoms with Gasteiger partial charge in [-0.2, -0.15) is 0 Å². The van der Waals surface area contributed by atoms with Crippen LogP contribution in [0.4, 0.5) is 0 Å². The van der Waals surface area contributed by atoms with Crippen molar-refractivity contribution in [2.45, 2.75) is 31.3 Å². The quantitative estimate of drug-likeness (QED) is 0.841. The van der Waals surface area contributed by atoms with E-state index in [1.165, 1.54) is 11.3 Å². The van der Waals surface area contributed by atoms with Crippen molar-refractivity contribution >= 4 is 29.9 Å². The maximum Gasteiger partial charge on any atom is 0.264 e. The number of carbonyl (C=O) groups is 1. The molecule has 0 fully saturated rings. The highest BCUT2D eigenvalue weighted by Gasteiger charge is 2.20.